The highest BCUT2D eigenvalue weighted by molar-refractivity contribution is 5.80. The van der Waals surface area contributed by atoms with Crippen molar-refractivity contribution in [1.82, 2.24) is 10.2 Å². The maximum absolute atomic E-state index is 12.0. The number of piperidine rings is 1. The molecule has 1 unspecified atom stereocenters. The van der Waals surface area contributed by atoms with E-state index in [9.17, 15) is 4.79 Å². The van der Waals surface area contributed by atoms with Gasteiger partial charge in [0, 0.05) is 26.2 Å². The molecule has 0 spiro atoms. The predicted octanol–water partition coefficient (Wildman–Crippen LogP) is 1.81. The van der Waals surface area contributed by atoms with Crippen LogP contribution in [0.15, 0.2) is 0 Å². The number of nitrogens with one attached hydrogen (secondary N) is 1. The number of nitrogens with zero attached hydrogens (tertiary/aromatic N) is 1. The van der Waals surface area contributed by atoms with Gasteiger partial charge >= 0.3 is 5.97 Å². The number of ether oxygens (including phenoxy) is 2. The van der Waals surface area contributed by atoms with E-state index in [0.717, 1.165) is 58.5 Å². The van der Waals surface area contributed by atoms with Crippen LogP contribution in [0.3, 0.4) is 0 Å². The van der Waals surface area contributed by atoms with Gasteiger partial charge in [-0.25, -0.2) is 0 Å². The topological polar surface area (TPSA) is 50.8 Å². The molecule has 21 heavy (non-hydrogen) atoms. The molecule has 1 aliphatic heterocycles. The van der Waals surface area contributed by atoms with E-state index in [4.69, 9.17) is 9.47 Å². The summed E-state index contributed by atoms with van der Waals surface area (Å²) in [7, 11) is 1.46. The normalized spacial score (nSPS) is 20.2. The Morgan fingerprint density at radius 2 is 2.00 bits per heavy atom. The zero-order valence-electron chi connectivity index (χ0n) is 14.1. The van der Waals surface area contributed by atoms with Gasteiger partial charge in [-0.2, -0.15) is 0 Å². The van der Waals surface area contributed by atoms with Crippen molar-refractivity contribution < 1.29 is 14.3 Å². The lowest BCUT2D eigenvalue weighted by Gasteiger charge is -2.35. The molecule has 1 aliphatic rings. The van der Waals surface area contributed by atoms with Crippen molar-refractivity contribution in [3.8, 4) is 0 Å². The van der Waals surface area contributed by atoms with Crippen LogP contribution in [0.1, 0.15) is 46.5 Å². The second-order valence-electron chi connectivity index (χ2n) is 6.00. The molecule has 1 heterocycles. The first-order valence-corrected chi connectivity index (χ1v) is 8.23. The zero-order valence-corrected chi connectivity index (χ0v) is 14.1. The molecule has 5 nitrogen and oxygen atoms in total. The Morgan fingerprint density at radius 3 is 2.52 bits per heavy atom. The average Bonchev–Trinajstić information content (AvgIpc) is 2.51. The van der Waals surface area contributed by atoms with Crippen molar-refractivity contribution in [3.05, 3.63) is 0 Å². The van der Waals surface area contributed by atoms with Gasteiger partial charge in [0.2, 0.25) is 0 Å². The summed E-state index contributed by atoms with van der Waals surface area (Å²) in [6.45, 7) is 10.7. The molecule has 5 heteroatoms. The highest BCUT2D eigenvalue weighted by atomic mass is 16.5. The molecule has 1 rings (SSSR count). The van der Waals surface area contributed by atoms with Gasteiger partial charge in [0.05, 0.1) is 13.2 Å². The monoisotopic (exact) mass is 300 g/mol. The lowest BCUT2D eigenvalue weighted by molar-refractivity contribution is -0.148. The fourth-order valence-electron chi connectivity index (χ4n) is 2.81. The molecular weight excluding hydrogens is 268 g/mol. The predicted molar refractivity (Wildman–Crippen MR) is 84.4 cm³/mol. The van der Waals surface area contributed by atoms with Gasteiger partial charge in [0.25, 0.3) is 0 Å². The van der Waals surface area contributed by atoms with Gasteiger partial charge < -0.3 is 19.7 Å². The summed E-state index contributed by atoms with van der Waals surface area (Å²) in [6.07, 6.45) is 4.37. The van der Waals surface area contributed by atoms with Gasteiger partial charge in [-0.05, 0) is 46.1 Å². The minimum Gasteiger partial charge on any atom is -0.468 e. The Hall–Kier alpha value is -0.650. The van der Waals surface area contributed by atoms with Gasteiger partial charge in [-0.15, -0.1) is 0 Å². The van der Waals surface area contributed by atoms with Crippen LogP contribution >= 0.6 is 0 Å². The van der Waals surface area contributed by atoms with E-state index in [1.165, 1.54) is 7.11 Å². The Kier molecular flexibility index (Phi) is 8.22. The van der Waals surface area contributed by atoms with Crippen molar-refractivity contribution in [3.63, 3.8) is 0 Å². The van der Waals surface area contributed by atoms with Crippen LogP contribution in [0.25, 0.3) is 0 Å². The smallest absolute Gasteiger partial charge is 0.325 e. The molecule has 0 aromatic rings. The molecule has 0 bridgehead atoms. The summed E-state index contributed by atoms with van der Waals surface area (Å²) in [5.74, 6) is -0.167. The summed E-state index contributed by atoms with van der Waals surface area (Å²) < 4.78 is 10.6. The van der Waals surface area contributed by atoms with Gasteiger partial charge in [-0.3, -0.25) is 4.79 Å². The Balaban J connectivity index is 2.41. The molecule has 0 radical (unpaired) electrons. The third-order valence-electron chi connectivity index (χ3n) is 4.27. The Bertz CT molecular complexity index is 304. The van der Waals surface area contributed by atoms with E-state index in [0.29, 0.717) is 6.10 Å². The Morgan fingerprint density at radius 1 is 1.33 bits per heavy atom. The lowest BCUT2D eigenvalue weighted by Crippen LogP contribution is -2.52. The van der Waals surface area contributed by atoms with Gasteiger partial charge in [-0.1, -0.05) is 6.92 Å². The maximum Gasteiger partial charge on any atom is 0.325 e. The lowest BCUT2D eigenvalue weighted by atomic mass is 9.96. The minimum atomic E-state index is -0.582. The molecule has 124 valence electrons. The minimum absolute atomic E-state index is 0.167. The molecule has 0 saturated carbocycles. The molecule has 0 amide bonds. The summed E-state index contributed by atoms with van der Waals surface area (Å²) >= 11 is 0. The van der Waals surface area contributed by atoms with E-state index in [-0.39, 0.29) is 5.97 Å². The van der Waals surface area contributed by atoms with Gasteiger partial charge in [0.15, 0.2) is 0 Å². The molecule has 1 atom stereocenters. The van der Waals surface area contributed by atoms with Crippen molar-refractivity contribution in [2.45, 2.75) is 58.1 Å². The second kappa shape index (κ2) is 9.38. The van der Waals surface area contributed by atoms with E-state index in [2.05, 4.69) is 17.1 Å². The SMILES string of the molecule is CCCNC(C)(CCN1CCC(OCC)CC1)C(=O)OC. The number of carbonyl (C=O) groups is 1. The molecule has 1 N–H and O–H groups in total. The van der Waals surface area contributed by atoms with Crippen LogP contribution in [0.5, 0.6) is 0 Å². The summed E-state index contributed by atoms with van der Waals surface area (Å²) in [6, 6.07) is 0. The van der Waals surface area contributed by atoms with E-state index in [1.54, 1.807) is 0 Å². The van der Waals surface area contributed by atoms with E-state index >= 15 is 0 Å². The average molecular weight is 300 g/mol. The molecule has 1 fully saturated rings. The number of hydrogen-bond acceptors (Lipinski definition) is 5. The largest absolute Gasteiger partial charge is 0.468 e. The summed E-state index contributed by atoms with van der Waals surface area (Å²) in [4.78, 5) is 14.4. The number of esters is 1. The van der Waals surface area contributed by atoms with Crippen molar-refractivity contribution in [2.24, 2.45) is 0 Å². The fourth-order valence-corrected chi connectivity index (χ4v) is 2.81. The number of rotatable bonds is 9. The van der Waals surface area contributed by atoms with Crippen LogP contribution < -0.4 is 5.32 Å². The molecule has 0 aliphatic carbocycles. The molecule has 0 aromatic heterocycles. The van der Waals surface area contributed by atoms with Crippen LogP contribution in [-0.4, -0.2) is 62.4 Å². The highest BCUT2D eigenvalue weighted by Gasteiger charge is 2.34. The van der Waals surface area contributed by atoms with Crippen LogP contribution in [0.4, 0.5) is 0 Å². The van der Waals surface area contributed by atoms with E-state index < -0.39 is 5.54 Å². The number of carbonyl (C=O) groups excluding carboxylic acids is 1. The first kappa shape index (κ1) is 18.4. The molecular formula is C16H32N2O3. The zero-order chi connectivity index (χ0) is 15.7. The second-order valence-corrected chi connectivity index (χ2v) is 6.00. The standard InChI is InChI=1S/C16H32N2O3/c1-5-10-17-16(3,15(19)20-4)9-13-18-11-7-14(8-12-18)21-6-2/h14,17H,5-13H2,1-4H3. The maximum atomic E-state index is 12.0. The van der Waals surface area contributed by atoms with Crippen molar-refractivity contribution in [1.29, 1.82) is 0 Å². The first-order chi connectivity index (χ1) is 10.1. The Labute approximate surface area is 129 Å². The number of hydrogen-bond donors (Lipinski definition) is 1. The highest BCUT2D eigenvalue weighted by Crippen LogP contribution is 2.17. The van der Waals surface area contributed by atoms with E-state index in [1.807, 2.05) is 13.8 Å². The van der Waals surface area contributed by atoms with Crippen molar-refractivity contribution in [2.75, 3.05) is 39.9 Å². The molecule has 0 aromatic carbocycles. The summed E-state index contributed by atoms with van der Waals surface area (Å²) in [5.41, 5.74) is -0.582. The molecule has 1 saturated heterocycles. The third kappa shape index (κ3) is 5.93. The number of likely N-dealkylation sites (tertiary alicyclic amines) is 1. The number of methoxy groups -OCH3 is 1. The third-order valence-corrected chi connectivity index (χ3v) is 4.27. The fraction of sp³-hybridized carbons (Fsp3) is 0.938. The van der Waals surface area contributed by atoms with Crippen LogP contribution in [0.2, 0.25) is 0 Å². The quantitative estimate of drug-likeness (QED) is 0.658. The van der Waals surface area contributed by atoms with Crippen LogP contribution in [-0.2, 0) is 14.3 Å². The summed E-state index contributed by atoms with van der Waals surface area (Å²) in [5, 5.41) is 3.34. The van der Waals surface area contributed by atoms with Crippen molar-refractivity contribution >= 4 is 5.97 Å². The van der Waals surface area contributed by atoms with Gasteiger partial charge in [0.1, 0.15) is 5.54 Å². The van der Waals surface area contributed by atoms with Crippen LogP contribution in [0, 0.1) is 0 Å². The first-order valence-electron chi connectivity index (χ1n) is 8.23.